The van der Waals surface area contributed by atoms with E-state index in [-0.39, 0.29) is 0 Å². The maximum atomic E-state index is 10.2. The molecule has 0 saturated carbocycles. The lowest BCUT2D eigenvalue weighted by molar-refractivity contribution is 0.0187. The molecule has 1 rings (SSSR count). The summed E-state index contributed by atoms with van der Waals surface area (Å²) in [7, 11) is 1.69. The summed E-state index contributed by atoms with van der Waals surface area (Å²) in [5.74, 6) is 0. The van der Waals surface area contributed by atoms with Gasteiger partial charge in [-0.25, -0.2) is 0 Å². The van der Waals surface area contributed by atoms with E-state index < -0.39 is 5.60 Å². The van der Waals surface area contributed by atoms with E-state index in [1.54, 1.807) is 7.11 Å². The second-order valence-electron chi connectivity index (χ2n) is 5.16. The zero-order valence-electron chi connectivity index (χ0n) is 11.2. The quantitative estimate of drug-likeness (QED) is 0.602. The van der Waals surface area contributed by atoms with Crippen LogP contribution >= 0.6 is 0 Å². The number of ether oxygens (including phenoxy) is 2. The Balaban J connectivity index is 2.03. The number of nitrogens with one attached hydrogen (secondary N) is 1. The molecular formula is C13H27NO3. The number of methoxy groups -OCH3 is 1. The van der Waals surface area contributed by atoms with Crippen molar-refractivity contribution >= 4 is 0 Å². The molecule has 4 heteroatoms. The molecule has 1 aliphatic heterocycles. The van der Waals surface area contributed by atoms with Crippen molar-refractivity contribution in [1.82, 2.24) is 5.32 Å². The largest absolute Gasteiger partial charge is 0.390 e. The predicted octanol–water partition coefficient (Wildman–Crippen LogP) is 1.32. The van der Waals surface area contributed by atoms with Crippen molar-refractivity contribution in [2.24, 2.45) is 0 Å². The highest BCUT2D eigenvalue weighted by atomic mass is 16.5. The number of aliphatic hydroxyl groups is 1. The highest BCUT2D eigenvalue weighted by Crippen LogP contribution is 2.23. The van der Waals surface area contributed by atoms with E-state index >= 15 is 0 Å². The van der Waals surface area contributed by atoms with Crippen LogP contribution in [0.4, 0.5) is 0 Å². The molecule has 102 valence electrons. The van der Waals surface area contributed by atoms with Crippen molar-refractivity contribution in [2.45, 2.75) is 50.7 Å². The summed E-state index contributed by atoms with van der Waals surface area (Å²) < 4.78 is 10.5. The van der Waals surface area contributed by atoms with E-state index in [4.69, 9.17) is 9.47 Å². The van der Waals surface area contributed by atoms with E-state index in [1.165, 1.54) is 6.42 Å². The zero-order valence-corrected chi connectivity index (χ0v) is 11.2. The second-order valence-corrected chi connectivity index (χ2v) is 5.16. The van der Waals surface area contributed by atoms with Crippen molar-refractivity contribution in [3.63, 3.8) is 0 Å². The fourth-order valence-corrected chi connectivity index (χ4v) is 2.13. The molecule has 2 N–H and O–H groups in total. The van der Waals surface area contributed by atoms with Crippen LogP contribution in [0.3, 0.4) is 0 Å². The van der Waals surface area contributed by atoms with Crippen molar-refractivity contribution in [3.8, 4) is 0 Å². The fraction of sp³-hybridized carbons (Fsp3) is 1.00. The molecule has 2 unspecified atom stereocenters. The Hall–Kier alpha value is -0.160. The maximum Gasteiger partial charge on any atom is 0.0632 e. The van der Waals surface area contributed by atoms with E-state index in [9.17, 15) is 5.11 Å². The molecule has 1 heterocycles. The molecular weight excluding hydrogens is 218 g/mol. The van der Waals surface area contributed by atoms with E-state index in [2.05, 4.69) is 5.32 Å². The molecule has 1 fully saturated rings. The van der Waals surface area contributed by atoms with Crippen LogP contribution in [0.25, 0.3) is 0 Å². The van der Waals surface area contributed by atoms with Gasteiger partial charge in [0, 0.05) is 20.3 Å². The van der Waals surface area contributed by atoms with Gasteiger partial charge in [0.25, 0.3) is 0 Å². The molecule has 0 radical (unpaired) electrons. The van der Waals surface area contributed by atoms with Crippen LogP contribution in [-0.4, -0.2) is 50.2 Å². The van der Waals surface area contributed by atoms with Crippen LogP contribution in [0.1, 0.15) is 39.0 Å². The van der Waals surface area contributed by atoms with Crippen LogP contribution < -0.4 is 5.32 Å². The topological polar surface area (TPSA) is 50.7 Å². The van der Waals surface area contributed by atoms with Gasteiger partial charge in [-0.2, -0.15) is 0 Å². The minimum Gasteiger partial charge on any atom is -0.390 e. The van der Waals surface area contributed by atoms with Crippen LogP contribution in [0.5, 0.6) is 0 Å². The van der Waals surface area contributed by atoms with Crippen molar-refractivity contribution < 1.29 is 14.6 Å². The maximum absolute atomic E-state index is 10.2. The van der Waals surface area contributed by atoms with Crippen LogP contribution in [0.2, 0.25) is 0 Å². The number of hydrogen-bond acceptors (Lipinski definition) is 4. The summed E-state index contributed by atoms with van der Waals surface area (Å²) in [6.07, 6.45) is 5.29. The van der Waals surface area contributed by atoms with Gasteiger partial charge in [-0.05, 0) is 45.6 Å². The Kier molecular flexibility index (Phi) is 7.04. The standard InChI is InChI=1S/C13H27NO3/c1-13(15,7-8-14-9-11-16-2)6-5-12-4-3-10-17-12/h12,14-15H,3-11H2,1-2H3. The van der Waals surface area contributed by atoms with Crippen LogP contribution in [-0.2, 0) is 9.47 Å². The fourth-order valence-electron chi connectivity index (χ4n) is 2.13. The first-order valence-electron chi connectivity index (χ1n) is 6.68. The Bertz CT molecular complexity index is 191. The SMILES string of the molecule is COCCNCCC(C)(O)CCC1CCCO1. The van der Waals surface area contributed by atoms with Gasteiger partial charge in [0.05, 0.1) is 18.3 Å². The van der Waals surface area contributed by atoms with Crippen LogP contribution in [0.15, 0.2) is 0 Å². The minimum atomic E-state index is -0.577. The number of hydrogen-bond donors (Lipinski definition) is 2. The summed E-state index contributed by atoms with van der Waals surface area (Å²) in [6, 6.07) is 0. The zero-order chi connectivity index (χ0) is 12.6. The van der Waals surface area contributed by atoms with Crippen LogP contribution in [0, 0.1) is 0 Å². The van der Waals surface area contributed by atoms with Gasteiger partial charge in [0.2, 0.25) is 0 Å². The highest BCUT2D eigenvalue weighted by molar-refractivity contribution is 4.77. The summed E-state index contributed by atoms with van der Waals surface area (Å²) >= 11 is 0. The van der Waals surface area contributed by atoms with E-state index in [1.807, 2.05) is 6.92 Å². The van der Waals surface area contributed by atoms with Gasteiger partial charge in [0.1, 0.15) is 0 Å². The monoisotopic (exact) mass is 245 g/mol. The lowest BCUT2D eigenvalue weighted by Gasteiger charge is -2.24. The van der Waals surface area contributed by atoms with Gasteiger partial charge in [0.15, 0.2) is 0 Å². The van der Waals surface area contributed by atoms with Gasteiger partial charge in [-0.1, -0.05) is 0 Å². The number of rotatable bonds is 9. The van der Waals surface area contributed by atoms with Gasteiger partial charge in [-0.3, -0.25) is 0 Å². The molecule has 1 saturated heterocycles. The van der Waals surface area contributed by atoms with E-state index in [0.29, 0.717) is 6.10 Å². The Morgan fingerprint density at radius 2 is 2.24 bits per heavy atom. The first-order valence-corrected chi connectivity index (χ1v) is 6.68. The third-order valence-corrected chi connectivity index (χ3v) is 3.35. The molecule has 0 amide bonds. The summed E-state index contributed by atoms with van der Waals surface area (Å²) in [5, 5.41) is 13.5. The Morgan fingerprint density at radius 1 is 1.41 bits per heavy atom. The van der Waals surface area contributed by atoms with Crippen molar-refractivity contribution in [1.29, 1.82) is 0 Å². The molecule has 17 heavy (non-hydrogen) atoms. The summed E-state index contributed by atoms with van der Waals surface area (Å²) in [5.41, 5.74) is -0.577. The first-order chi connectivity index (χ1) is 8.14. The predicted molar refractivity (Wildman–Crippen MR) is 68.2 cm³/mol. The molecule has 0 bridgehead atoms. The Labute approximate surface area is 105 Å². The minimum absolute atomic E-state index is 0.378. The van der Waals surface area contributed by atoms with Crippen molar-refractivity contribution in [3.05, 3.63) is 0 Å². The van der Waals surface area contributed by atoms with Gasteiger partial charge < -0.3 is 19.9 Å². The molecule has 0 aromatic heterocycles. The summed E-state index contributed by atoms with van der Waals surface area (Å²) in [4.78, 5) is 0. The molecule has 0 aromatic rings. The third-order valence-electron chi connectivity index (χ3n) is 3.35. The molecule has 0 aromatic carbocycles. The van der Waals surface area contributed by atoms with Gasteiger partial charge in [-0.15, -0.1) is 0 Å². The van der Waals surface area contributed by atoms with E-state index in [0.717, 1.165) is 52.0 Å². The molecule has 1 aliphatic rings. The molecule has 4 nitrogen and oxygen atoms in total. The Morgan fingerprint density at radius 3 is 2.88 bits per heavy atom. The molecule has 2 atom stereocenters. The highest BCUT2D eigenvalue weighted by Gasteiger charge is 2.23. The lowest BCUT2D eigenvalue weighted by atomic mass is 9.94. The first kappa shape index (κ1) is 14.9. The average Bonchev–Trinajstić information content (AvgIpc) is 2.79. The van der Waals surface area contributed by atoms with Gasteiger partial charge >= 0.3 is 0 Å². The summed E-state index contributed by atoms with van der Waals surface area (Å²) in [6.45, 7) is 5.21. The third kappa shape index (κ3) is 6.99. The molecule has 0 aliphatic carbocycles. The normalized spacial score (nSPS) is 23.8. The lowest BCUT2D eigenvalue weighted by Crippen LogP contribution is -2.32. The average molecular weight is 245 g/mol. The smallest absolute Gasteiger partial charge is 0.0632 e. The second kappa shape index (κ2) is 8.03. The molecule has 0 spiro atoms. The van der Waals surface area contributed by atoms with Crippen molar-refractivity contribution in [2.75, 3.05) is 33.4 Å².